The third-order valence-corrected chi connectivity index (χ3v) is 5.19. The molecule has 0 bridgehead atoms. The van der Waals surface area contributed by atoms with Crippen LogP contribution in [-0.4, -0.2) is 35.8 Å². The topological polar surface area (TPSA) is 49.4 Å². The lowest BCUT2D eigenvalue weighted by Gasteiger charge is -2.32. The van der Waals surface area contributed by atoms with Crippen molar-refractivity contribution in [3.8, 4) is 0 Å². The Morgan fingerprint density at radius 2 is 2.29 bits per heavy atom. The first-order valence-corrected chi connectivity index (χ1v) is 7.64. The van der Waals surface area contributed by atoms with Gasteiger partial charge in [-0.15, -0.1) is 11.3 Å². The highest BCUT2D eigenvalue weighted by atomic mass is 35.5. The van der Waals surface area contributed by atoms with Crippen LogP contribution in [0.15, 0.2) is 18.2 Å². The fourth-order valence-corrected chi connectivity index (χ4v) is 3.86. The van der Waals surface area contributed by atoms with Gasteiger partial charge in [0, 0.05) is 23.2 Å². The van der Waals surface area contributed by atoms with Crippen molar-refractivity contribution in [3.05, 3.63) is 33.9 Å². The van der Waals surface area contributed by atoms with Gasteiger partial charge in [0.2, 0.25) is 5.91 Å². The Bertz CT molecular complexity index is 746. The number of thiophene rings is 1. The standard InChI is InChI=1S/C14H12ClFN2O2S/c1-7-13(19)17-4-5-18(7)14(20)12-11(15)9-3-2-8(16)6-10(9)21-12/h2-3,6-7H,4-5H2,1H3,(H,17,19). The molecule has 0 saturated carbocycles. The molecule has 1 atom stereocenters. The van der Waals surface area contributed by atoms with Crippen molar-refractivity contribution in [3.63, 3.8) is 0 Å². The summed E-state index contributed by atoms with van der Waals surface area (Å²) in [6.07, 6.45) is 0. The van der Waals surface area contributed by atoms with Gasteiger partial charge in [-0.05, 0) is 25.1 Å². The zero-order valence-electron chi connectivity index (χ0n) is 11.2. The highest BCUT2D eigenvalue weighted by Gasteiger charge is 2.32. The molecule has 21 heavy (non-hydrogen) atoms. The normalized spacial score (nSPS) is 18.9. The summed E-state index contributed by atoms with van der Waals surface area (Å²) in [5.74, 6) is -0.841. The van der Waals surface area contributed by atoms with E-state index in [0.717, 1.165) is 11.3 Å². The van der Waals surface area contributed by atoms with Crippen LogP contribution in [0, 0.1) is 5.82 Å². The van der Waals surface area contributed by atoms with Gasteiger partial charge in [0.05, 0.1) is 5.02 Å². The summed E-state index contributed by atoms with van der Waals surface area (Å²) in [5.41, 5.74) is 0. The fourth-order valence-electron chi connectivity index (χ4n) is 2.37. The molecule has 1 aliphatic heterocycles. The molecule has 2 amide bonds. The predicted octanol–water partition coefficient (Wildman–Crippen LogP) is 2.65. The molecule has 0 radical (unpaired) electrons. The molecule has 1 saturated heterocycles. The van der Waals surface area contributed by atoms with Gasteiger partial charge in [-0.1, -0.05) is 11.6 Å². The van der Waals surface area contributed by atoms with E-state index in [-0.39, 0.29) is 17.6 Å². The molecule has 1 aliphatic rings. The second-order valence-electron chi connectivity index (χ2n) is 4.85. The molecule has 2 heterocycles. The minimum absolute atomic E-state index is 0.183. The second kappa shape index (κ2) is 5.27. The zero-order chi connectivity index (χ0) is 15.1. The van der Waals surface area contributed by atoms with Crippen molar-refractivity contribution in [2.75, 3.05) is 13.1 Å². The Labute approximate surface area is 129 Å². The maximum atomic E-state index is 13.3. The summed E-state index contributed by atoms with van der Waals surface area (Å²) in [6.45, 7) is 2.53. The van der Waals surface area contributed by atoms with Crippen LogP contribution >= 0.6 is 22.9 Å². The van der Waals surface area contributed by atoms with Crippen molar-refractivity contribution >= 4 is 44.8 Å². The lowest BCUT2D eigenvalue weighted by molar-refractivity contribution is -0.127. The molecule has 1 fully saturated rings. The molecule has 1 N–H and O–H groups in total. The van der Waals surface area contributed by atoms with Gasteiger partial charge in [-0.25, -0.2) is 4.39 Å². The molecule has 7 heteroatoms. The number of benzene rings is 1. The molecule has 1 aromatic heterocycles. The van der Waals surface area contributed by atoms with E-state index in [1.807, 2.05) is 0 Å². The largest absolute Gasteiger partial charge is 0.353 e. The zero-order valence-corrected chi connectivity index (χ0v) is 12.7. The SMILES string of the molecule is CC1C(=O)NCCN1C(=O)c1sc2cc(F)ccc2c1Cl. The predicted molar refractivity (Wildman–Crippen MR) is 80.3 cm³/mol. The molecule has 0 aliphatic carbocycles. The van der Waals surface area contributed by atoms with Crippen molar-refractivity contribution < 1.29 is 14.0 Å². The van der Waals surface area contributed by atoms with Crippen molar-refractivity contribution in [1.82, 2.24) is 10.2 Å². The van der Waals surface area contributed by atoms with Crippen LogP contribution in [0.3, 0.4) is 0 Å². The lowest BCUT2D eigenvalue weighted by atomic mass is 10.2. The number of fused-ring (bicyclic) bond motifs is 1. The van der Waals surface area contributed by atoms with Crippen molar-refractivity contribution in [1.29, 1.82) is 0 Å². The van der Waals surface area contributed by atoms with E-state index in [0.29, 0.717) is 33.1 Å². The monoisotopic (exact) mass is 326 g/mol. The first-order chi connectivity index (χ1) is 9.99. The molecule has 110 valence electrons. The van der Waals surface area contributed by atoms with Crippen LogP contribution < -0.4 is 5.32 Å². The van der Waals surface area contributed by atoms with E-state index in [2.05, 4.69) is 5.32 Å². The third-order valence-electron chi connectivity index (χ3n) is 3.55. The number of nitrogens with zero attached hydrogens (tertiary/aromatic N) is 1. The van der Waals surface area contributed by atoms with Gasteiger partial charge >= 0.3 is 0 Å². The molecule has 2 aromatic rings. The van der Waals surface area contributed by atoms with Crippen LogP contribution in [0.4, 0.5) is 4.39 Å². The van der Waals surface area contributed by atoms with Gasteiger partial charge in [0.1, 0.15) is 16.7 Å². The van der Waals surface area contributed by atoms with E-state index in [9.17, 15) is 14.0 Å². The lowest BCUT2D eigenvalue weighted by Crippen LogP contribution is -2.55. The Balaban J connectivity index is 2.01. The summed E-state index contributed by atoms with van der Waals surface area (Å²) in [7, 11) is 0. The van der Waals surface area contributed by atoms with E-state index >= 15 is 0 Å². The second-order valence-corrected chi connectivity index (χ2v) is 6.28. The molecule has 4 nitrogen and oxygen atoms in total. The number of hydrogen-bond acceptors (Lipinski definition) is 3. The Morgan fingerprint density at radius 1 is 1.52 bits per heavy atom. The highest BCUT2D eigenvalue weighted by Crippen LogP contribution is 2.36. The first kappa shape index (κ1) is 14.3. The summed E-state index contributed by atoms with van der Waals surface area (Å²) < 4.78 is 13.9. The third kappa shape index (κ3) is 2.38. The molecule has 3 rings (SSSR count). The van der Waals surface area contributed by atoms with Gasteiger partial charge in [0.25, 0.3) is 5.91 Å². The number of rotatable bonds is 1. The number of carbonyl (C=O) groups is 2. The minimum Gasteiger partial charge on any atom is -0.353 e. The molecule has 1 aromatic carbocycles. The van der Waals surface area contributed by atoms with Gasteiger partial charge in [-0.2, -0.15) is 0 Å². The van der Waals surface area contributed by atoms with Crippen LogP contribution in [0.5, 0.6) is 0 Å². The number of amides is 2. The molecular formula is C14H12ClFN2O2S. The van der Waals surface area contributed by atoms with Crippen LogP contribution in [-0.2, 0) is 4.79 Å². The summed E-state index contributed by atoms with van der Waals surface area (Å²) in [4.78, 5) is 26.1. The summed E-state index contributed by atoms with van der Waals surface area (Å²) >= 11 is 7.40. The van der Waals surface area contributed by atoms with E-state index < -0.39 is 6.04 Å². The smallest absolute Gasteiger partial charge is 0.266 e. The number of piperazine rings is 1. The van der Waals surface area contributed by atoms with Crippen molar-refractivity contribution in [2.45, 2.75) is 13.0 Å². The average molecular weight is 327 g/mol. The van der Waals surface area contributed by atoms with Crippen LogP contribution in [0.25, 0.3) is 10.1 Å². The van der Waals surface area contributed by atoms with Gasteiger partial charge in [0.15, 0.2) is 0 Å². The maximum absolute atomic E-state index is 13.3. The summed E-state index contributed by atoms with van der Waals surface area (Å²) in [5, 5.41) is 3.68. The Hall–Kier alpha value is -1.66. The highest BCUT2D eigenvalue weighted by molar-refractivity contribution is 7.21. The number of nitrogens with one attached hydrogen (secondary N) is 1. The molecular weight excluding hydrogens is 315 g/mol. The number of hydrogen-bond donors (Lipinski definition) is 1. The Kier molecular flexibility index (Phi) is 3.59. The van der Waals surface area contributed by atoms with E-state index in [4.69, 9.17) is 11.6 Å². The van der Waals surface area contributed by atoms with Crippen LogP contribution in [0.1, 0.15) is 16.6 Å². The Morgan fingerprint density at radius 3 is 3.05 bits per heavy atom. The first-order valence-electron chi connectivity index (χ1n) is 6.45. The molecule has 1 unspecified atom stereocenters. The number of carbonyl (C=O) groups excluding carboxylic acids is 2. The van der Waals surface area contributed by atoms with Crippen LogP contribution in [0.2, 0.25) is 5.02 Å². The van der Waals surface area contributed by atoms with E-state index in [1.54, 1.807) is 13.0 Å². The van der Waals surface area contributed by atoms with Gasteiger partial charge in [-0.3, -0.25) is 9.59 Å². The maximum Gasteiger partial charge on any atom is 0.266 e. The summed E-state index contributed by atoms with van der Waals surface area (Å²) in [6, 6.07) is 3.69. The average Bonchev–Trinajstić information content (AvgIpc) is 2.78. The fraction of sp³-hybridized carbons (Fsp3) is 0.286. The molecule has 0 spiro atoms. The number of halogens is 2. The van der Waals surface area contributed by atoms with E-state index in [1.165, 1.54) is 17.0 Å². The quantitative estimate of drug-likeness (QED) is 0.876. The van der Waals surface area contributed by atoms with Gasteiger partial charge < -0.3 is 10.2 Å². The van der Waals surface area contributed by atoms with Crippen molar-refractivity contribution in [2.24, 2.45) is 0 Å². The minimum atomic E-state index is -0.538.